The van der Waals surface area contributed by atoms with Crippen molar-refractivity contribution in [2.24, 2.45) is 0 Å². The first-order valence-electron chi connectivity index (χ1n) is 8.09. The standard InChI is InChI=1S/C19H19N3O2S/c1-2-19-22-16(13-25-19)11-18(23)21-14-7-5-8-17(10-14)24-12-15-6-3-4-9-20-15/h3-10,13H,2,11-12H2,1H3,(H,21,23). The van der Waals surface area contributed by atoms with Gasteiger partial charge in [0.05, 0.1) is 22.8 Å². The summed E-state index contributed by atoms with van der Waals surface area (Å²) in [5.74, 6) is 0.597. The first-order chi connectivity index (χ1) is 12.2. The fourth-order valence-corrected chi connectivity index (χ4v) is 3.01. The molecule has 2 aromatic heterocycles. The summed E-state index contributed by atoms with van der Waals surface area (Å²) in [7, 11) is 0. The van der Waals surface area contributed by atoms with Crippen LogP contribution in [0.5, 0.6) is 5.75 Å². The molecule has 0 radical (unpaired) electrons. The third kappa shape index (κ3) is 5.12. The van der Waals surface area contributed by atoms with Gasteiger partial charge in [-0.15, -0.1) is 11.3 Å². The predicted octanol–water partition coefficient (Wildman–Crippen LogP) is 3.86. The van der Waals surface area contributed by atoms with E-state index in [0.29, 0.717) is 18.0 Å². The zero-order valence-electron chi connectivity index (χ0n) is 13.9. The molecule has 0 aliphatic carbocycles. The summed E-state index contributed by atoms with van der Waals surface area (Å²) < 4.78 is 5.73. The van der Waals surface area contributed by atoms with Crippen LogP contribution in [-0.4, -0.2) is 15.9 Å². The molecule has 0 unspecified atom stereocenters. The van der Waals surface area contributed by atoms with Crippen molar-refractivity contribution in [2.75, 3.05) is 5.32 Å². The number of rotatable bonds is 7. The highest BCUT2D eigenvalue weighted by atomic mass is 32.1. The molecule has 1 N–H and O–H groups in total. The van der Waals surface area contributed by atoms with Gasteiger partial charge in [-0.3, -0.25) is 9.78 Å². The summed E-state index contributed by atoms with van der Waals surface area (Å²) in [4.78, 5) is 20.8. The van der Waals surface area contributed by atoms with Crippen LogP contribution in [-0.2, 0) is 24.2 Å². The van der Waals surface area contributed by atoms with E-state index in [2.05, 4.69) is 22.2 Å². The van der Waals surface area contributed by atoms with Gasteiger partial charge in [0, 0.05) is 23.3 Å². The fraction of sp³-hybridized carbons (Fsp3) is 0.211. The quantitative estimate of drug-likeness (QED) is 0.700. The molecule has 5 nitrogen and oxygen atoms in total. The van der Waals surface area contributed by atoms with Crippen molar-refractivity contribution in [1.29, 1.82) is 0 Å². The smallest absolute Gasteiger partial charge is 0.230 e. The Labute approximate surface area is 150 Å². The van der Waals surface area contributed by atoms with Crippen molar-refractivity contribution in [2.45, 2.75) is 26.4 Å². The molecule has 2 heterocycles. The number of hydrogen-bond acceptors (Lipinski definition) is 5. The first-order valence-corrected chi connectivity index (χ1v) is 8.97. The molecule has 3 rings (SSSR count). The lowest BCUT2D eigenvalue weighted by atomic mass is 10.2. The molecule has 0 aliphatic heterocycles. The summed E-state index contributed by atoms with van der Waals surface area (Å²) in [5, 5.41) is 5.87. The van der Waals surface area contributed by atoms with E-state index in [9.17, 15) is 4.79 Å². The van der Waals surface area contributed by atoms with Crippen LogP contribution in [0.1, 0.15) is 23.3 Å². The maximum Gasteiger partial charge on any atom is 0.230 e. The second-order valence-electron chi connectivity index (χ2n) is 5.45. The maximum absolute atomic E-state index is 12.2. The Morgan fingerprint density at radius 1 is 1.20 bits per heavy atom. The second-order valence-corrected chi connectivity index (χ2v) is 6.39. The van der Waals surface area contributed by atoms with Crippen LogP contribution < -0.4 is 10.1 Å². The normalized spacial score (nSPS) is 10.4. The Hall–Kier alpha value is -2.73. The lowest BCUT2D eigenvalue weighted by molar-refractivity contribution is -0.115. The third-order valence-corrected chi connectivity index (χ3v) is 4.52. The average molecular weight is 353 g/mol. The molecule has 0 saturated heterocycles. The maximum atomic E-state index is 12.2. The number of aryl methyl sites for hydroxylation is 1. The van der Waals surface area contributed by atoms with Gasteiger partial charge in [-0.05, 0) is 30.7 Å². The number of hydrogen-bond donors (Lipinski definition) is 1. The number of aromatic nitrogens is 2. The van der Waals surface area contributed by atoms with Gasteiger partial charge < -0.3 is 10.1 Å². The number of carbonyl (C=O) groups is 1. The number of benzene rings is 1. The molecular formula is C19H19N3O2S. The molecule has 6 heteroatoms. The molecule has 0 atom stereocenters. The van der Waals surface area contributed by atoms with Gasteiger partial charge in [0.25, 0.3) is 0 Å². The number of ether oxygens (including phenoxy) is 1. The van der Waals surface area contributed by atoms with E-state index in [1.807, 2.05) is 41.8 Å². The Kier molecular flexibility index (Phi) is 5.74. The van der Waals surface area contributed by atoms with E-state index < -0.39 is 0 Å². The summed E-state index contributed by atoms with van der Waals surface area (Å²) in [5.41, 5.74) is 2.36. The molecule has 128 valence electrons. The van der Waals surface area contributed by atoms with Gasteiger partial charge in [0.2, 0.25) is 5.91 Å². The third-order valence-electron chi connectivity index (χ3n) is 3.47. The number of amides is 1. The van der Waals surface area contributed by atoms with Crippen LogP contribution in [0, 0.1) is 0 Å². The van der Waals surface area contributed by atoms with Crippen LogP contribution in [0.3, 0.4) is 0 Å². The molecule has 3 aromatic rings. The largest absolute Gasteiger partial charge is 0.487 e. The first kappa shape index (κ1) is 17.1. The van der Waals surface area contributed by atoms with Crippen molar-refractivity contribution < 1.29 is 9.53 Å². The van der Waals surface area contributed by atoms with Crippen LogP contribution in [0.4, 0.5) is 5.69 Å². The zero-order valence-corrected chi connectivity index (χ0v) is 14.8. The van der Waals surface area contributed by atoms with Crippen molar-refractivity contribution in [1.82, 2.24) is 9.97 Å². The second kappa shape index (κ2) is 8.39. The molecule has 0 spiro atoms. The molecule has 1 aromatic carbocycles. The van der Waals surface area contributed by atoms with Crippen LogP contribution in [0.15, 0.2) is 54.0 Å². The van der Waals surface area contributed by atoms with Crippen LogP contribution in [0.25, 0.3) is 0 Å². The van der Waals surface area contributed by atoms with E-state index in [1.54, 1.807) is 23.6 Å². The zero-order chi connectivity index (χ0) is 17.5. The Morgan fingerprint density at radius 2 is 2.12 bits per heavy atom. The number of carbonyl (C=O) groups excluding carboxylic acids is 1. The molecule has 0 bridgehead atoms. The number of nitrogens with one attached hydrogen (secondary N) is 1. The SMILES string of the molecule is CCc1nc(CC(=O)Nc2cccc(OCc3ccccn3)c2)cs1. The van der Waals surface area contributed by atoms with E-state index in [-0.39, 0.29) is 12.3 Å². The lowest BCUT2D eigenvalue weighted by Crippen LogP contribution is -2.14. The minimum atomic E-state index is -0.0881. The van der Waals surface area contributed by atoms with Crippen molar-refractivity contribution in [3.63, 3.8) is 0 Å². The van der Waals surface area contributed by atoms with Crippen molar-refractivity contribution >= 4 is 22.9 Å². The monoisotopic (exact) mass is 353 g/mol. The van der Waals surface area contributed by atoms with E-state index in [0.717, 1.165) is 22.8 Å². The molecule has 25 heavy (non-hydrogen) atoms. The van der Waals surface area contributed by atoms with Gasteiger partial charge in [-0.2, -0.15) is 0 Å². The number of pyridine rings is 1. The summed E-state index contributed by atoms with van der Waals surface area (Å²) in [6.45, 7) is 2.44. The summed E-state index contributed by atoms with van der Waals surface area (Å²) in [6.07, 6.45) is 2.90. The van der Waals surface area contributed by atoms with Gasteiger partial charge >= 0.3 is 0 Å². The highest BCUT2D eigenvalue weighted by Gasteiger charge is 2.08. The Bertz CT molecular complexity index is 833. The molecule has 0 saturated carbocycles. The van der Waals surface area contributed by atoms with Crippen molar-refractivity contribution in [3.8, 4) is 5.75 Å². The average Bonchev–Trinajstić information content (AvgIpc) is 3.08. The number of nitrogens with zero attached hydrogens (tertiary/aromatic N) is 2. The van der Waals surface area contributed by atoms with E-state index >= 15 is 0 Å². The van der Waals surface area contributed by atoms with Crippen LogP contribution >= 0.6 is 11.3 Å². The summed E-state index contributed by atoms with van der Waals surface area (Å²) in [6, 6.07) is 13.0. The molecule has 1 amide bonds. The topological polar surface area (TPSA) is 64.1 Å². The molecule has 0 fully saturated rings. The molecule has 0 aliphatic rings. The highest BCUT2D eigenvalue weighted by molar-refractivity contribution is 7.09. The van der Waals surface area contributed by atoms with Gasteiger partial charge in [-0.25, -0.2) is 4.98 Å². The van der Waals surface area contributed by atoms with Gasteiger partial charge in [-0.1, -0.05) is 19.1 Å². The highest BCUT2D eigenvalue weighted by Crippen LogP contribution is 2.19. The van der Waals surface area contributed by atoms with Gasteiger partial charge in [0.1, 0.15) is 12.4 Å². The molecular weight excluding hydrogens is 334 g/mol. The van der Waals surface area contributed by atoms with E-state index in [4.69, 9.17) is 4.74 Å². The number of anilines is 1. The minimum absolute atomic E-state index is 0.0881. The lowest BCUT2D eigenvalue weighted by Gasteiger charge is -2.08. The van der Waals surface area contributed by atoms with Crippen molar-refractivity contribution in [3.05, 3.63) is 70.4 Å². The van der Waals surface area contributed by atoms with Gasteiger partial charge in [0.15, 0.2) is 0 Å². The summed E-state index contributed by atoms with van der Waals surface area (Å²) >= 11 is 1.59. The Balaban J connectivity index is 1.56. The van der Waals surface area contributed by atoms with E-state index in [1.165, 1.54) is 0 Å². The Morgan fingerprint density at radius 3 is 2.88 bits per heavy atom. The van der Waals surface area contributed by atoms with Crippen LogP contribution in [0.2, 0.25) is 0 Å². The fourth-order valence-electron chi connectivity index (χ4n) is 2.27. The number of thiazole rings is 1. The predicted molar refractivity (Wildman–Crippen MR) is 98.8 cm³/mol. The minimum Gasteiger partial charge on any atom is -0.487 e.